The number of benzene rings is 1. The molecule has 2 amide bonds. The lowest BCUT2D eigenvalue weighted by Crippen LogP contribution is -2.56. The molecule has 1 atom stereocenters. The summed E-state index contributed by atoms with van der Waals surface area (Å²) in [6.07, 6.45) is 2.70. The highest BCUT2D eigenvalue weighted by molar-refractivity contribution is 5.96. The molecule has 1 fully saturated rings. The van der Waals surface area contributed by atoms with Crippen LogP contribution in [0, 0.1) is 5.82 Å². The van der Waals surface area contributed by atoms with Gasteiger partial charge in [0.25, 0.3) is 5.91 Å². The van der Waals surface area contributed by atoms with Crippen molar-refractivity contribution in [3.8, 4) is 0 Å². The van der Waals surface area contributed by atoms with Crippen LogP contribution in [0.4, 0.5) is 10.1 Å². The van der Waals surface area contributed by atoms with E-state index in [0.717, 1.165) is 5.69 Å². The molecule has 2 aromatic rings. The number of halogens is 1. The zero-order valence-corrected chi connectivity index (χ0v) is 14.1. The molecule has 0 spiro atoms. The van der Waals surface area contributed by atoms with Gasteiger partial charge in [0.05, 0.1) is 19.1 Å². The maximum atomic E-state index is 13.0. The van der Waals surface area contributed by atoms with Gasteiger partial charge in [-0.05, 0) is 24.3 Å². The van der Waals surface area contributed by atoms with Crippen molar-refractivity contribution in [3.05, 3.63) is 48.3 Å². The van der Waals surface area contributed by atoms with Gasteiger partial charge in [-0.15, -0.1) is 0 Å². The van der Waals surface area contributed by atoms with Gasteiger partial charge >= 0.3 is 0 Å². The molecule has 1 saturated heterocycles. The maximum absolute atomic E-state index is 13.0. The first-order chi connectivity index (χ1) is 12.6. The molecular weight excluding hydrogens is 341 g/mol. The Morgan fingerprint density at radius 1 is 1.23 bits per heavy atom. The number of nitrogens with one attached hydrogen (secondary N) is 2. The Bertz CT molecular complexity index is 742. The number of hydrogen-bond donors (Lipinski definition) is 3. The number of anilines is 1. The third-order valence-electron chi connectivity index (χ3n) is 4.31. The minimum Gasteiger partial charge on any atom is -0.394 e. The molecule has 9 heteroatoms. The first kappa shape index (κ1) is 17.9. The minimum atomic E-state index is -1.01. The number of aromatic nitrogens is 2. The van der Waals surface area contributed by atoms with Gasteiger partial charge in [-0.3, -0.25) is 9.59 Å². The van der Waals surface area contributed by atoms with E-state index in [-0.39, 0.29) is 17.4 Å². The van der Waals surface area contributed by atoms with E-state index in [1.807, 2.05) is 0 Å². The van der Waals surface area contributed by atoms with Crippen LogP contribution in [0.1, 0.15) is 10.5 Å². The lowest BCUT2D eigenvalue weighted by molar-refractivity contribution is -0.134. The Balaban J connectivity index is 1.56. The molecular formula is C17H20FN5O3. The summed E-state index contributed by atoms with van der Waals surface area (Å²) in [6, 6.07) is 5.20. The van der Waals surface area contributed by atoms with Crippen LogP contribution in [0.25, 0.3) is 0 Å². The van der Waals surface area contributed by atoms with E-state index in [2.05, 4.69) is 20.2 Å². The van der Waals surface area contributed by atoms with E-state index >= 15 is 0 Å². The van der Waals surface area contributed by atoms with Gasteiger partial charge in [-0.1, -0.05) is 0 Å². The minimum absolute atomic E-state index is 0.220. The Kier molecular flexibility index (Phi) is 5.47. The van der Waals surface area contributed by atoms with Crippen LogP contribution in [0.3, 0.4) is 0 Å². The largest absolute Gasteiger partial charge is 0.394 e. The summed E-state index contributed by atoms with van der Waals surface area (Å²) in [5.74, 6) is -1.12. The Labute approximate surface area is 149 Å². The highest BCUT2D eigenvalue weighted by Gasteiger charge is 2.28. The van der Waals surface area contributed by atoms with Crippen LogP contribution >= 0.6 is 0 Å². The lowest BCUT2D eigenvalue weighted by atomic mass is 10.2. The smallest absolute Gasteiger partial charge is 0.270 e. The summed E-state index contributed by atoms with van der Waals surface area (Å²) in [5.41, 5.74) is 1.11. The zero-order chi connectivity index (χ0) is 18.5. The van der Waals surface area contributed by atoms with E-state index in [1.54, 1.807) is 17.0 Å². The van der Waals surface area contributed by atoms with Crippen molar-refractivity contribution in [2.24, 2.45) is 0 Å². The number of nitrogens with zero attached hydrogens (tertiary/aromatic N) is 3. The number of piperazine rings is 1. The average Bonchev–Trinajstić information content (AvgIpc) is 3.21. The molecule has 26 heavy (non-hydrogen) atoms. The number of rotatable bonds is 5. The van der Waals surface area contributed by atoms with Gasteiger partial charge in [0, 0.05) is 31.9 Å². The van der Waals surface area contributed by atoms with Crippen molar-refractivity contribution in [2.75, 3.05) is 37.7 Å². The summed E-state index contributed by atoms with van der Waals surface area (Å²) in [6.45, 7) is 1.59. The van der Waals surface area contributed by atoms with Crippen molar-refractivity contribution in [1.82, 2.24) is 20.2 Å². The number of carbonyl (C=O) groups excluding carboxylic acids is 2. The van der Waals surface area contributed by atoms with Crippen molar-refractivity contribution >= 4 is 17.5 Å². The molecule has 1 aromatic carbocycles. The highest BCUT2D eigenvalue weighted by Crippen LogP contribution is 2.17. The molecule has 1 aliphatic rings. The van der Waals surface area contributed by atoms with Crippen LogP contribution in [0.5, 0.6) is 0 Å². The molecule has 0 aliphatic carbocycles. The second-order valence-corrected chi connectivity index (χ2v) is 5.96. The first-order valence-corrected chi connectivity index (χ1v) is 8.28. The van der Waals surface area contributed by atoms with Gasteiger partial charge in [0.1, 0.15) is 17.6 Å². The summed E-state index contributed by atoms with van der Waals surface area (Å²) < 4.78 is 13.0. The topological polar surface area (TPSA) is 102 Å². The van der Waals surface area contributed by atoms with Gasteiger partial charge in [-0.25, -0.2) is 9.37 Å². The second-order valence-electron chi connectivity index (χ2n) is 5.96. The average molecular weight is 361 g/mol. The molecule has 0 radical (unpaired) electrons. The van der Waals surface area contributed by atoms with Crippen LogP contribution in [-0.4, -0.2) is 70.6 Å². The number of H-pyrrole nitrogens is 1. The zero-order valence-electron chi connectivity index (χ0n) is 14.1. The van der Waals surface area contributed by atoms with E-state index < -0.39 is 18.6 Å². The van der Waals surface area contributed by atoms with Crippen molar-refractivity contribution < 1.29 is 19.1 Å². The van der Waals surface area contributed by atoms with E-state index in [0.29, 0.717) is 26.2 Å². The van der Waals surface area contributed by atoms with E-state index in [9.17, 15) is 19.1 Å². The van der Waals surface area contributed by atoms with Crippen molar-refractivity contribution in [1.29, 1.82) is 0 Å². The normalized spacial score (nSPS) is 15.6. The summed E-state index contributed by atoms with van der Waals surface area (Å²) >= 11 is 0. The lowest BCUT2D eigenvalue weighted by Gasteiger charge is -2.37. The van der Waals surface area contributed by atoms with Crippen molar-refractivity contribution in [2.45, 2.75) is 6.04 Å². The predicted octanol–water partition coefficient (Wildman–Crippen LogP) is -0.0117. The third-order valence-corrected chi connectivity index (χ3v) is 4.31. The number of hydrogen-bond acceptors (Lipinski definition) is 5. The molecule has 2 heterocycles. The summed E-state index contributed by atoms with van der Waals surface area (Å²) in [5, 5.41) is 12.0. The molecule has 1 unspecified atom stereocenters. The molecule has 3 N–H and O–H groups in total. The fourth-order valence-electron chi connectivity index (χ4n) is 2.86. The van der Waals surface area contributed by atoms with Gasteiger partial charge in [-0.2, -0.15) is 0 Å². The predicted molar refractivity (Wildman–Crippen MR) is 92.1 cm³/mol. The van der Waals surface area contributed by atoms with Crippen LogP contribution < -0.4 is 10.2 Å². The first-order valence-electron chi connectivity index (χ1n) is 8.28. The second kappa shape index (κ2) is 7.96. The standard InChI is InChI=1S/C17H20FN5O3/c18-12-1-3-13(4-2-12)22-5-7-23(8-6-22)17(26)15(10-24)21-16(25)14-9-19-11-20-14/h1-4,9,11,15,24H,5-8,10H2,(H,19,20)(H,21,25). The number of carbonyl (C=O) groups is 2. The third kappa shape index (κ3) is 3.99. The number of imidazole rings is 1. The fourth-order valence-corrected chi connectivity index (χ4v) is 2.86. The van der Waals surface area contributed by atoms with Gasteiger partial charge in [0.2, 0.25) is 5.91 Å². The Morgan fingerprint density at radius 2 is 1.92 bits per heavy atom. The fraction of sp³-hybridized carbons (Fsp3) is 0.353. The van der Waals surface area contributed by atoms with E-state index in [4.69, 9.17) is 0 Å². The molecule has 3 rings (SSSR count). The molecule has 1 aliphatic heterocycles. The Hall–Kier alpha value is -2.94. The van der Waals surface area contributed by atoms with Crippen LogP contribution in [0.15, 0.2) is 36.8 Å². The molecule has 1 aromatic heterocycles. The SMILES string of the molecule is O=C(NC(CO)C(=O)N1CCN(c2ccc(F)cc2)CC1)c1cnc[nH]1. The van der Waals surface area contributed by atoms with Gasteiger partial charge < -0.3 is 25.2 Å². The number of aliphatic hydroxyl groups is 1. The molecule has 8 nitrogen and oxygen atoms in total. The van der Waals surface area contributed by atoms with Crippen LogP contribution in [-0.2, 0) is 4.79 Å². The summed E-state index contributed by atoms with van der Waals surface area (Å²) in [7, 11) is 0. The van der Waals surface area contributed by atoms with Crippen molar-refractivity contribution in [3.63, 3.8) is 0 Å². The summed E-state index contributed by atoms with van der Waals surface area (Å²) in [4.78, 5) is 34.7. The maximum Gasteiger partial charge on any atom is 0.270 e. The number of aromatic amines is 1. The van der Waals surface area contributed by atoms with Gasteiger partial charge in [0.15, 0.2) is 0 Å². The van der Waals surface area contributed by atoms with Crippen LogP contribution in [0.2, 0.25) is 0 Å². The molecule has 138 valence electrons. The number of amides is 2. The Morgan fingerprint density at radius 3 is 2.50 bits per heavy atom. The quantitative estimate of drug-likeness (QED) is 0.695. The van der Waals surface area contributed by atoms with E-state index in [1.165, 1.54) is 24.7 Å². The number of aliphatic hydroxyl groups excluding tert-OH is 1. The monoisotopic (exact) mass is 361 g/mol. The molecule has 0 bridgehead atoms. The highest BCUT2D eigenvalue weighted by atomic mass is 19.1. The molecule has 0 saturated carbocycles.